The zero-order valence-electron chi connectivity index (χ0n) is 19.8. The molecule has 1 amide bonds. The molecule has 1 atom stereocenters. The summed E-state index contributed by atoms with van der Waals surface area (Å²) in [6.45, 7) is 6.02. The molecule has 1 fully saturated rings. The van der Waals surface area contributed by atoms with E-state index in [1.165, 1.54) is 11.8 Å². The molecule has 0 saturated carbocycles. The van der Waals surface area contributed by atoms with Crippen LogP contribution in [0.2, 0.25) is 0 Å². The van der Waals surface area contributed by atoms with Crippen molar-refractivity contribution < 1.29 is 28.5 Å². The Balaban J connectivity index is 1.77. The number of hydrogen-bond donors (Lipinski definition) is 0. The lowest BCUT2D eigenvalue weighted by Gasteiger charge is -2.37. The second-order valence-corrected chi connectivity index (χ2v) is 8.70. The number of hydrogen-bond acceptors (Lipinski definition) is 9. The van der Waals surface area contributed by atoms with Crippen molar-refractivity contribution in [2.24, 2.45) is 4.99 Å². The van der Waals surface area contributed by atoms with Crippen LogP contribution in [0.1, 0.15) is 31.9 Å². The van der Waals surface area contributed by atoms with Crippen molar-refractivity contribution in [1.29, 1.82) is 0 Å². The molecular weight excluding hydrogens is 458 g/mol. The van der Waals surface area contributed by atoms with E-state index in [0.29, 0.717) is 54.2 Å². The van der Waals surface area contributed by atoms with Crippen LogP contribution in [-0.4, -0.2) is 74.0 Å². The van der Waals surface area contributed by atoms with E-state index in [1.54, 1.807) is 34.1 Å². The highest BCUT2D eigenvalue weighted by molar-refractivity contribution is 8.16. The van der Waals surface area contributed by atoms with E-state index in [2.05, 4.69) is 4.99 Å². The van der Waals surface area contributed by atoms with E-state index in [4.69, 9.17) is 18.9 Å². The van der Waals surface area contributed by atoms with E-state index in [1.807, 2.05) is 27.3 Å². The minimum Gasteiger partial charge on any atom is -0.493 e. The first-order valence-electron chi connectivity index (χ1n) is 11.2. The summed E-state index contributed by atoms with van der Waals surface area (Å²) in [6, 6.07) is 4.96. The Labute approximate surface area is 203 Å². The molecule has 0 radical (unpaired) electrons. The summed E-state index contributed by atoms with van der Waals surface area (Å²) in [5.74, 6) is 0.624. The molecule has 9 nitrogen and oxygen atoms in total. The van der Waals surface area contributed by atoms with Gasteiger partial charge in [-0.1, -0.05) is 23.9 Å². The largest absolute Gasteiger partial charge is 0.493 e. The van der Waals surface area contributed by atoms with Gasteiger partial charge in [0.15, 0.2) is 16.7 Å². The zero-order chi connectivity index (χ0) is 24.2. The van der Waals surface area contributed by atoms with E-state index in [9.17, 15) is 9.59 Å². The van der Waals surface area contributed by atoms with Crippen LogP contribution in [0.25, 0.3) is 0 Å². The third-order valence-electron chi connectivity index (χ3n) is 5.92. The summed E-state index contributed by atoms with van der Waals surface area (Å²) in [6.07, 6.45) is 0.184. The summed E-state index contributed by atoms with van der Waals surface area (Å²) in [4.78, 5) is 34.7. The van der Waals surface area contributed by atoms with Gasteiger partial charge in [0.2, 0.25) is 5.91 Å². The molecule has 0 aromatic heterocycles. The maximum absolute atomic E-state index is 13.1. The van der Waals surface area contributed by atoms with Crippen LogP contribution in [-0.2, 0) is 19.1 Å². The highest BCUT2D eigenvalue weighted by atomic mass is 32.2. The number of allylic oxidation sites excluding steroid dienone is 1. The molecule has 1 aromatic rings. The molecule has 3 aliphatic rings. The number of esters is 1. The average Bonchev–Trinajstić information content (AvgIpc) is 3.24. The molecule has 3 aliphatic heterocycles. The number of morpholine rings is 1. The number of ether oxygens (including phenoxy) is 4. The number of aliphatic imine (C=N–C) groups is 1. The molecule has 0 N–H and O–H groups in total. The Kier molecular flexibility index (Phi) is 7.47. The third-order valence-corrected chi connectivity index (χ3v) is 6.81. The van der Waals surface area contributed by atoms with Crippen LogP contribution in [0.4, 0.5) is 0 Å². The van der Waals surface area contributed by atoms with Crippen molar-refractivity contribution in [3.8, 4) is 11.5 Å². The van der Waals surface area contributed by atoms with E-state index >= 15 is 0 Å². The predicted molar refractivity (Wildman–Crippen MR) is 129 cm³/mol. The molecule has 4 rings (SSSR count). The number of amidine groups is 1. The Bertz CT molecular complexity index is 1060. The third kappa shape index (κ3) is 4.52. The number of carbonyl (C=O) groups excluding carboxylic acids is 2. The Morgan fingerprint density at radius 3 is 2.65 bits per heavy atom. The number of thioether (sulfide) groups is 1. The minimum absolute atomic E-state index is 0.0108. The monoisotopic (exact) mass is 487 g/mol. The molecule has 10 heteroatoms. The second-order valence-electron chi connectivity index (χ2n) is 7.87. The lowest BCUT2D eigenvalue weighted by Crippen LogP contribution is -2.42. The lowest BCUT2D eigenvalue weighted by atomic mass is 9.92. The maximum Gasteiger partial charge on any atom is 0.338 e. The van der Waals surface area contributed by atoms with Crippen LogP contribution < -0.4 is 9.47 Å². The number of amides is 1. The second kappa shape index (κ2) is 10.5. The minimum atomic E-state index is -0.588. The molecule has 34 heavy (non-hydrogen) atoms. The first-order chi connectivity index (χ1) is 16.5. The van der Waals surface area contributed by atoms with Gasteiger partial charge >= 0.3 is 5.97 Å². The fourth-order valence-corrected chi connectivity index (χ4v) is 5.30. The summed E-state index contributed by atoms with van der Waals surface area (Å²) < 4.78 is 22.0. The molecule has 182 valence electrons. The van der Waals surface area contributed by atoms with Gasteiger partial charge < -0.3 is 28.7 Å². The van der Waals surface area contributed by atoms with Gasteiger partial charge in [-0.05, 0) is 25.3 Å². The summed E-state index contributed by atoms with van der Waals surface area (Å²) >= 11 is 1.44. The number of carbonyl (C=O) groups is 2. The van der Waals surface area contributed by atoms with Gasteiger partial charge in [0.25, 0.3) is 0 Å². The van der Waals surface area contributed by atoms with Crippen molar-refractivity contribution in [2.75, 3.05) is 47.1 Å². The van der Waals surface area contributed by atoms with E-state index in [0.717, 1.165) is 11.3 Å². The van der Waals surface area contributed by atoms with Crippen molar-refractivity contribution in [1.82, 2.24) is 9.80 Å². The van der Waals surface area contributed by atoms with Crippen LogP contribution in [0, 0.1) is 0 Å². The van der Waals surface area contributed by atoms with Gasteiger partial charge in [-0.3, -0.25) is 4.79 Å². The normalized spacial score (nSPS) is 19.9. The van der Waals surface area contributed by atoms with Crippen molar-refractivity contribution in [2.45, 2.75) is 26.3 Å². The Morgan fingerprint density at radius 2 is 1.97 bits per heavy atom. The van der Waals surface area contributed by atoms with Crippen LogP contribution in [0.15, 0.2) is 45.6 Å². The first kappa shape index (κ1) is 24.2. The van der Waals surface area contributed by atoms with Gasteiger partial charge in [0.1, 0.15) is 0 Å². The fourth-order valence-electron chi connectivity index (χ4n) is 4.34. The number of para-hydroxylation sites is 1. The average molecular weight is 488 g/mol. The smallest absolute Gasteiger partial charge is 0.338 e. The molecule has 0 aliphatic carbocycles. The molecule has 1 saturated heterocycles. The summed E-state index contributed by atoms with van der Waals surface area (Å²) in [7, 11) is 3.14. The van der Waals surface area contributed by atoms with Crippen LogP contribution in [0.3, 0.4) is 0 Å². The molecular formula is C24H29N3O6S. The predicted octanol–water partition coefficient (Wildman–Crippen LogP) is 3.09. The standard InChI is InChI=1S/C24H29N3O6S/c1-5-33-23(29)20-15(2)25-24-27(21(20)17-7-6-8-18(30-3)22(17)31-4)16(14-34-24)13-19(28)26-9-11-32-12-10-26/h6-8,14,21H,5,9-13H2,1-4H3. The van der Waals surface area contributed by atoms with Gasteiger partial charge in [-0.25, -0.2) is 9.79 Å². The zero-order valence-corrected chi connectivity index (χ0v) is 20.6. The summed E-state index contributed by atoms with van der Waals surface area (Å²) in [5, 5.41) is 2.63. The van der Waals surface area contributed by atoms with Gasteiger partial charge in [0.05, 0.1) is 57.8 Å². The highest BCUT2D eigenvalue weighted by Crippen LogP contribution is 2.48. The quantitative estimate of drug-likeness (QED) is 0.542. The number of benzene rings is 1. The number of rotatable bonds is 7. The maximum atomic E-state index is 13.1. The fraction of sp³-hybridized carbons (Fsp3) is 0.458. The molecule has 0 bridgehead atoms. The van der Waals surface area contributed by atoms with E-state index in [-0.39, 0.29) is 18.9 Å². The van der Waals surface area contributed by atoms with E-state index < -0.39 is 12.0 Å². The van der Waals surface area contributed by atoms with Crippen LogP contribution in [0.5, 0.6) is 11.5 Å². The number of methoxy groups -OCH3 is 2. The van der Waals surface area contributed by atoms with Crippen LogP contribution >= 0.6 is 11.8 Å². The van der Waals surface area contributed by atoms with Gasteiger partial charge in [-0.15, -0.1) is 0 Å². The van der Waals surface area contributed by atoms with Crippen molar-refractivity contribution in [3.63, 3.8) is 0 Å². The van der Waals surface area contributed by atoms with Crippen molar-refractivity contribution in [3.05, 3.63) is 46.1 Å². The van der Waals surface area contributed by atoms with Gasteiger partial charge in [-0.2, -0.15) is 0 Å². The Hall–Kier alpha value is -2.98. The highest BCUT2D eigenvalue weighted by Gasteiger charge is 2.43. The number of nitrogens with zero attached hydrogens (tertiary/aromatic N) is 3. The SMILES string of the molecule is CCOC(=O)C1=C(C)N=C2SC=C(CC(=O)N3CCOCC3)N2C1c1cccc(OC)c1OC. The lowest BCUT2D eigenvalue weighted by molar-refractivity contribution is -0.139. The molecule has 3 heterocycles. The molecule has 0 spiro atoms. The Morgan fingerprint density at radius 1 is 1.21 bits per heavy atom. The number of fused-ring (bicyclic) bond motifs is 1. The molecule has 1 aromatic carbocycles. The van der Waals surface area contributed by atoms with Gasteiger partial charge in [0, 0.05) is 24.4 Å². The van der Waals surface area contributed by atoms with Crippen molar-refractivity contribution >= 4 is 28.8 Å². The first-order valence-corrected chi connectivity index (χ1v) is 12.1. The molecule has 1 unspecified atom stereocenters. The topological polar surface area (TPSA) is 89.9 Å². The summed E-state index contributed by atoms with van der Waals surface area (Å²) in [5.41, 5.74) is 2.47.